The van der Waals surface area contributed by atoms with E-state index in [0.717, 1.165) is 21.5 Å². The molecule has 0 unspecified atom stereocenters. The third-order valence-corrected chi connectivity index (χ3v) is 5.32. The van der Waals surface area contributed by atoms with Gasteiger partial charge in [-0.05, 0) is 59.2 Å². The van der Waals surface area contributed by atoms with Gasteiger partial charge in [-0.25, -0.2) is 0 Å². The van der Waals surface area contributed by atoms with Crippen molar-refractivity contribution in [1.29, 1.82) is 0 Å². The first-order valence-corrected chi connectivity index (χ1v) is 10.2. The van der Waals surface area contributed by atoms with Crippen LogP contribution in [0, 0.1) is 6.92 Å². The van der Waals surface area contributed by atoms with E-state index in [2.05, 4.69) is 101 Å². The molecule has 0 aliphatic rings. The summed E-state index contributed by atoms with van der Waals surface area (Å²) in [4.78, 5) is 0. The highest BCUT2D eigenvalue weighted by Gasteiger charge is 2.09. The number of hydrogen-bond donors (Lipinski definition) is 1. The Morgan fingerprint density at radius 3 is 2.50 bits per heavy atom. The number of halogens is 1. The Kier molecular flexibility index (Phi) is 5.63. The zero-order chi connectivity index (χ0) is 19.3. The summed E-state index contributed by atoms with van der Waals surface area (Å²) in [5.74, 6) is 0.918. The van der Waals surface area contributed by atoms with E-state index < -0.39 is 0 Å². The first-order valence-electron chi connectivity index (χ1n) is 9.37. The zero-order valence-electron chi connectivity index (χ0n) is 15.8. The van der Waals surface area contributed by atoms with Crippen LogP contribution in [0.4, 0.5) is 5.69 Å². The van der Waals surface area contributed by atoms with Gasteiger partial charge >= 0.3 is 0 Å². The van der Waals surface area contributed by atoms with Gasteiger partial charge in [0.25, 0.3) is 0 Å². The van der Waals surface area contributed by atoms with Crippen LogP contribution in [0.15, 0.2) is 89.4 Å². The van der Waals surface area contributed by atoms with Crippen LogP contribution >= 0.6 is 15.9 Å². The van der Waals surface area contributed by atoms with Gasteiger partial charge < -0.3 is 10.1 Å². The Bertz CT molecular complexity index is 1090. The first-order chi connectivity index (χ1) is 13.7. The average molecular weight is 432 g/mol. The molecule has 2 nitrogen and oxygen atoms in total. The normalized spacial score (nSPS) is 10.8. The SMILES string of the molecule is Cc1cccc(NCc2c(OCc3ccc(Br)cc3)ccc3ccccc23)c1. The lowest BCUT2D eigenvalue weighted by Crippen LogP contribution is -2.05. The molecule has 0 aromatic heterocycles. The number of hydrogen-bond acceptors (Lipinski definition) is 2. The summed E-state index contributed by atoms with van der Waals surface area (Å²) in [6.07, 6.45) is 0. The van der Waals surface area contributed by atoms with Crippen molar-refractivity contribution in [2.24, 2.45) is 0 Å². The standard InChI is InChI=1S/C25H22BrNO/c1-18-5-4-7-22(15-18)27-16-24-23-8-3-2-6-20(23)11-14-25(24)28-17-19-9-12-21(26)13-10-19/h2-15,27H,16-17H2,1H3. The van der Waals surface area contributed by atoms with Gasteiger partial charge in [-0.2, -0.15) is 0 Å². The predicted molar refractivity (Wildman–Crippen MR) is 121 cm³/mol. The third-order valence-electron chi connectivity index (χ3n) is 4.79. The van der Waals surface area contributed by atoms with Crippen LogP contribution in [0.5, 0.6) is 5.75 Å². The molecule has 0 heterocycles. The molecule has 28 heavy (non-hydrogen) atoms. The molecule has 4 aromatic carbocycles. The van der Waals surface area contributed by atoms with Gasteiger partial charge in [0.05, 0.1) is 0 Å². The molecule has 0 amide bonds. The molecule has 0 aliphatic heterocycles. The van der Waals surface area contributed by atoms with E-state index in [-0.39, 0.29) is 0 Å². The molecule has 0 saturated carbocycles. The fourth-order valence-electron chi connectivity index (χ4n) is 3.32. The molecule has 0 bridgehead atoms. The van der Waals surface area contributed by atoms with Crippen LogP contribution in [-0.4, -0.2) is 0 Å². The minimum absolute atomic E-state index is 0.545. The van der Waals surface area contributed by atoms with E-state index in [0.29, 0.717) is 13.2 Å². The number of benzene rings is 4. The van der Waals surface area contributed by atoms with Crippen LogP contribution in [0.25, 0.3) is 10.8 Å². The van der Waals surface area contributed by atoms with Gasteiger partial charge in [0.2, 0.25) is 0 Å². The highest BCUT2D eigenvalue weighted by Crippen LogP contribution is 2.30. The molecule has 140 valence electrons. The lowest BCUT2D eigenvalue weighted by molar-refractivity contribution is 0.304. The molecule has 0 saturated heterocycles. The predicted octanol–water partition coefficient (Wildman–Crippen LogP) is 7.10. The molecule has 3 heteroatoms. The summed E-state index contributed by atoms with van der Waals surface area (Å²) in [5.41, 5.74) is 4.69. The second kappa shape index (κ2) is 8.49. The van der Waals surface area contributed by atoms with Gasteiger partial charge in [-0.1, -0.05) is 70.5 Å². The Morgan fingerprint density at radius 2 is 1.68 bits per heavy atom. The van der Waals surface area contributed by atoms with E-state index in [9.17, 15) is 0 Å². The Hall–Kier alpha value is -2.78. The number of aryl methyl sites for hydroxylation is 1. The summed E-state index contributed by atoms with van der Waals surface area (Å²) in [7, 11) is 0. The Morgan fingerprint density at radius 1 is 0.857 bits per heavy atom. The van der Waals surface area contributed by atoms with Crippen LogP contribution < -0.4 is 10.1 Å². The molecule has 0 fully saturated rings. The largest absolute Gasteiger partial charge is 0.489 e. The van der Waals surface area contributed by atoms with E-state index in [4.69, 9.17) is 4.74 Å². The Labute approximate surface area is 174 Å². The molecule has 4 aromatic rings. The smallest absolute Gasteiger partial charge is 0.125 e. The number of anilines is 1. The van der Waals surface area contributed by atoms with Crippen molar-refractivity contribution in [3.8, 4) is 5.75 Å². The monoisotopic (exact) mass is 431 g/mol. The van der Waals surface area contributed by atoms with Gasteiger partial charge in [-0.3, -0.25) is 0 Å². The minimum Gasteiger partial charge on any atom is -0.489 e. The molecule has 0 atom stereocenters. The van der Waals surface area contributed by atoms with E-state index in [1.165, 1.54) is 21.9 Å². The quantitative estimate of drug-likeness (QED) is 0.351. The topological polar surface area (TPSA) is 21.3 Å². The molecule has 4 rings (SSSR count). The minimum atomic E-state index is 0.545. The number of ether oxygens (including phenoxy) is 1. The summed E-state index contributed by atoms with van der Waals surface area (Å²) in [6, 6.07) is 29.3. The molecule has 0 aliphatic carbocycles. The van der Waals surface area contributed by atoms with E-state index >= 15 is 0 Å². The van der Waals surface area contributed by atoms with Crippen LogP contribution in [0.2, 0.25) is 0 Å². The Balaban J connectivity index is 1.61. The molecule has 1 N–H and O–H groups in total. The van der Waals surface area contributed by atoms with Gasteiger partial charge in [0.1, 0.15) is 12.4 Å². The van der Waals surface area contributed by atoms with Gasteiger partial charge in [-0.15, -0.1) is 0 Å². The molecule has 0 radical (unpaired) electrons. The summed E-state index contributed by atoms with van der Waals surface area (Å²) >= 11 is 3.48. The van der Waals surface area contributed by atoms with Crippen molar-refractivity contribution in [1.82, 2.24) is 0 Å². The fraction of sp³-hybridized carbons (Fsp3) is 0.120. The summed E-state index contributed by atoms with van der Waals surface area (Å²) in [5, 5.41) is 5.99. The van der Waals surface area contributed by atoms with Crippen molar-refractivity contribution in [2.75, 3.05) is 5.32 Å². The number of fused-ring (bicyclic) bond motifs is 1. The highest BCUT2D eigenvalue weighted by molar-refractivity contribution is 9.10. The van der Waals surface area contributed by atoms with Crippen molar-refractivity contribution in [2.45, 2.75) is 20.1 Å². The number of rotatable bonds is 6. The first kappa shape index (κ1) is 18.6. The van der Waals surface area contributed by atoms with E-state index in [1.54, 1.807) is 0 Å². The molecule has 0 spiro atoms. The highest BCUT2D eigenvalue weighted by atomic mass is 79.9. The van der Waals surface area contributed by atoms with Crippen LogP contribution in [0.3, 0.4) is 0 Å². The fourth-order valence-corrected chi connectivity index (χ4v) is 3.59. The average Bonchev–Trinajstić information content (AvgIpc) is 2.72. The van der Waals surface area contributed by atoms with E-state index in [1.807, 2.05) is 12.1 Å². The zero-order valence-corrected chi connectivity index (χ0v) is 17.4. The third kappa shape index (κ3) is 4.37. The lowest BCUT2D eigenvalue weighted by atomic mass is 10.0. The summed E-state index contributed by atoms with van der Waals surface area (Å²) in [6.45, 7) is 3.36. The van der Waals surface area contributed by atoms with Crippen molar-refractivity contribution < 1.29 is 4.74 Å². The molecular weight excluding hydrogens is 410 g/mol. The summed E-state index contributed by atoms with van der Waals surface area (Å²) < 4.78 is 7.30. The van der Waals surface area contributed by atoms with Crippen molar-refractivity contribution in [3.05, 3.63) is 106 Å². The van der Waals surface area contributed by atoms with Gasteiger partial charge in [0.15, 0.2) is 0 Å². The van der Waals surface area contributed by atoms with Crippen molar-refractivity contribution in [3.63, 3.8) is 0 Å². The second-order valence-corrected chi connectivity index (χ2v) is 7.82. The van der Waals surface area contributed by atoms with Gasteiger partial charge in [0, 0.05) is 22.3 Å². The molecular formula is C25H22BrNO. The number of nitrogens with one attached hydrogen (secondary N) is 1. The maximum Gasteiger partial charge on any atom is 0.125 e. The lowest BCUT2D eigenvalue weighted by Gasteiger charge is -2.16. The van der Waals surface area contributed by atoms with Crippen molar-refractivity contribution >= 4 is 32.4 Å². The van der Waals surface area contributed by atoms with Crippen LogP contribution in [0.1, 0.15) is 16.7 Å². The second-order valence-electron chi connectivity index (χ2n) is 6.90. The van der Waals surface area contributed by atoms with Crippen LogP contribution in [-0.2, 0) is 13.2 Å². The maximum absolute atomic E-state index is 6.23. The maximum atomic E-state index is 6.23.